The minimum atomic E-state index is -0.244. The Morgan fingerprint density at radius 1 is 1.07 bits per heavy atom. The highest BCUT2D eigenvalue weighted by molar-refractivity contribution is 6.35. The molecule has 2 aromatic rings. The number of carbonyl (C=O) groups is 2. The molecule has 6 heteroatoms. The van der Waals surface area contributed by atoms with Gasteiger partial charge in [-0.15, -0.1) is 0 Å². The van der Waals surface area contributed by atoms with Crippen molar-refractivity contribution < 1.29 is 19.1 Å². The van der Waals surface area contributed by atoms with Crippen LogP contribution in [0, 0.1) is 5.92 Å². The van der Waals surface area contributed by atoms with Crippen molar-refractivity contribution in [2.45, 2.75) is 32.1 Å². The fraction of sp³-hybridized carbons (Fsp3) is 0.273. The number of esters is 1. The van der Waals surface area contributed by atoms with Crippen LogP contribution in [0.5, 0.6) is 11.5 Å². The average Bonchev–Trinajstić information content (AvgIpc) is 2.99. The molecule has 4 rings (SSSR count). The lowest BCUT2D eigenvalue weighted by molar-refractivity contribution is -0.139. The van der Waals surface area contributed by atoms with E-state index < -0.39 is 0 Å². The quantitative estimate of drug-likeness (QED) is 0.344. The Kier molecular flexibility index (Phi) is 5.42. The van der Waals surface area contributed by atoms with Gasteiger partial charge in [0, 0.05) is 16.1 Å². The number of rotatable bonds is 3. The number of ketones is 1. The standard InChI is InChI=1S/C22H18Cl2O4/c23-15-7-6-14(18(24)11-15)10-20-21(25)17-9-8-16(12-19(17)28-20)27-22(26)13-4-2-1-3-5-13/h6-13H,1-5H2/b20-10+. The zero-order chi connectivity index (χ0) is 19.7. The van der Waals surface area contributed by atoms with Crippen LogP contribution in [0.4, 0.5) is 0 Å². The van der Waals surface area contributed by atoms with Crippen LogP contribution in [0.3, 0.4) is 0 Å². The predicted molar refractivity (Wildman–Crippen MR) is 108 cm³/mol. The Labute approximate surface area is 173 Å². The van der Waals surface area contributed by atoms with E-state index >= 15 is 0 Å². The first-order valence-corrected chi connectivity index (χ1v) is 10.0. The van der Waals surface area contributed by atoms with Crippen molar-refractivity contribution in [3.63, 3.8) is 0 Å². The average molecular weight is 417 g/mol. The molecule has 0 amide bonds. The monoisotopic (exact) mass is 416 g/mol. The van der Waals surface area contributed by atoms with Gasteiger partial charge in [-0.1, -0.05) is 48.5 Å². The van der Waals surface area contributed by atoms with E-state index in [1.807, 2.05) is 0 Å². The molecule has 144 valence electrons. The van der Waals surface area contributed by atoms with Crippen molar-refractivity contribution in [3.8, 4) is 11.5 Å². The van der Waals surface area contributed by atoms with Gasteiger partial charge in [0.2, 0.25) is 5.78 Å². The Hall–Kier alpha value is -2.30. The SMILES string of the molecule is O=C1/C(=C\c2ccc(Cl)cc2Cl)Oc2cc(OC(=O)C3CCCCC3)ccc21. The number of ether oxygens (including phenoxy) is 2. The molecule has 0 unspecified atom stereocenters. The molecule has 0 radical (unpaired) electrons. The van der Waals surface area contributed by atoms with E-state index in [2.05, 4.69) is 0 Å². The smallest absolute Gasteiger partial charge is 0.314 e. The molecule has 4 nitrogen and oxygen atoms in total. The Bertz CT molecular complexity index is 974. The largest absolute Gasteiger partial charge is 0.452 e. The van der Waals surface area contributed by atoms with E-state index in [0.717, 1.165) is 25.7 Å². The van der Waals surface area contributed by atoms with Crippen LogP contribution in [0.25, 0.3) is 6.08 Å². The van der Waals surface area contributed by atoms with E-state index in [0.29, 0.717) is 32.7 Å². The predicted octanol–water partition coefficient (Wildman–Crippen LogP) is 6.10. The van der Waals surface area contributed by atoms with E-state index in [-0.39, 0.29) is 23.4 Å². The number of halogens is 2. The summed E-state index contributed by atoms with van der Waals surface area (Å²) in [4.78, 5) is 24.9. The van der Waals surface area contributed by atoms with Crippen molar-refractivity contribution in [3.05, 3.63) is 63.3 Å². The molecule has 28 heavy (non-hydrogen) atoms. The zero-order valence-electron chi connectivity index (χ0n) is 15.0. The van der Waals surface area contributed by atoms with Gasteiger partial charge in [0.25, 0.3) is 0 Å². The number of hydrogen-bond acceptors (Lipinski definition) is 4. The van der Waals surface area contributed by atoms with Crippen molar-refractivity contribution in [1.82, 2.24) is 0 Å². The van der Waals surface area contributed by atoms with E-state index in [4.69, 9.17) is 32.7 Å². The van der Waals surface area contributed by atoms with Crippen LogP contribution >= 0.6 is 23.2 Å². The highest BCUT2D eigenvalue weighted by Crippen LogP contribution is 2.36. The molecule has 2 aliphatic rings. The minimum Gasteiger partial charge on any atom is -0.452 e. The third-order valence-electron chi connectivity index (χ3n) is 5.05. The molecular weight excluding hydrogens is 399 g/mol. The number of benzene rings is 2. The fourth-order valence-corrected chi connectivity index (χ4v) is 3.99. The van der Waals surface area contributed by atoms with Crippen molar-refractivity contribution in [1.29, 1.82) is 0 Å². The van der Waals surface area contributed by atoms with E-state index in [1.54, 1.807) is 42.5 Å². The summed E-state index contributed by atoms with van der Waals surface area (Å²) in [6.07, 6.45) is 6.60. The summed E-state index contributed by atoms with van der Waals surface area (Å²) in [7, 11) is 0. The highest BCUT2D eigenvalue weighted by atomic mass is 35.5. The number of allylic oxidation sites excluding steroid dienone is 1. The normalized spacial score (nSPS) is 18.1. The molecule has 1 fully saturated rings. The van der Waals surface area contributed by atoms with Gasteiger partial charge in [-0.3, -0.25) is 9.59 Å². The second-order valence-electron chi connectivity index (χ2n) is 7.02. The van der Waals surface area contributed by atoms with Crippen LogP contribution < -0.4 is 9.47 Å². The number of fused-ring (bicyclic) bond motifs is 1. The van der Waals surface area contributed by atoms with Gasteiger partial charge in [0.1, 0.15) is 11.5 Å². The molecular formula is C22H18Cl2O4. The summed E-state index contributed by atoms with van der Waals surface area (Å²) in [6.45, 7) is 0. The summed E-state index contributed by atoms with van der Waals surface area (Å²) in [6, 6.07) is 9.83. The third kappa shape index (κ3) is 3.94. The fourth-order valence-electron chi connectivity index (χ4n) is 3.53. The van der Waals surface area contributed by atoms with Gasteiger partial charge < -0.3 is 9.47 Å². The Morgan fingerprint density at radius 2 is 1.86 bits per heavy atom. The molecule has 0 aromatic heterocycles. The molecule has 1 heterocycles. The number of Topliss-reactive ketones (excluding diaryl/α,β-unsaturated/α-hetero) is 1. The van der Waals surface area contributed by atoms with Gasteiger partial charge in [0.05, 0.1) is 11.5 Å². The van der Waals surface area contributed by atoms with Crippen LogP contribution in [0.1, 0.15) is 48.0 Å². The summed E-state index contributed by atoms with van der Waals surface area (Å²) >= 11 is 12.1. The highest BCUT2D eigenvalue weighted by Gasteiger charge is 2.29. The maximum atomic E-state index is 12.6. The van der Waals surface area contributed by atoms with Crippen LogP contribution in [0.2, 0.25) is 10.0 Å². The summed E-state index contributed by atoms with van der Waals surface area (Å²) in [5.74, 6) is 0.407. The van der Waals surface area contributed by atoms with Gasteiger partial charge in [-0.05, 0) is 48.7 Å². The number of hydrogen-bond donors (Lipinski definition) is 0. The van der Waals surface area contributed by atoms with Gasteiger partial charge >= 0.3 is 5.97 Å². The summed E-state index contributed by atoms with van der Waals surface area (Å²) in [5.41, 5.74) is 1.06. The topological polar surface area (TPSA) is 52.6 Å². The van der Waals surface area contributed by atoms with E-state index in [9.17, 15) is 9.59 Å². The molecule has 0 atom stereocenters. The summed E-state index contributed by atoms with van der Waals surface area (Å²) < 4.78 is 11.2. The molecule has 0 N–H and O–H groups in total. The third-order valence-corrected chi connectivity index (χ3v) is 5.61. The lowest BCUT2D eigenvalue weighted by Gasteiger charge is -2.19. The number of carbonyl (C=O) groups excluding carboxylic acids is 2. The molecule has 1 aliphatic carbocycles. The molecule has 0 spiro atoms. The molecule has 0 bridgehead atoms. The lowest BCUT2D eigenvalue weighted by Crippen LogP contribution is -2.22. The maximum Gasteiger partial charge on any atom is 0.314 e. The van der Waals surface area contributed by atoms with Crippen molar-refractivity contribution >= 4 is 41.0 Å². The second kappa shape index (κ2) is 7.98. The van der Waals surface area contributed by atoms with Gasteiger partial charge in [-0.25, -0.2) is 0 Å². The zero-order valence-corrected chi connectivity index (χ0v) is 16.6. The molecule has 0 saturated heterocycles. The lowest BCUT2D eigenvalue weighted by atomic mass is 9.89. The second-order valence-corrected chi connectivity index (χ2v) is 7.86. The van der Waals surface area contributed by atoms with Crippen LogP contribution in [0.15, 0.2) is 42.2 Å². The minimum absolute atomic E-state index is 0.0490. The van der Waals surface area contributed by atoms with E-state index in [1.165, 1.54) is 6.42 Å². The van der Waals surface area contributed by atoms with Crippen molar-refractivity contribution in [2.24, 2.45) is 5.92 Å². The van der Waals surface area contributed by atoms with Gasteiger partial charge in [0.15, 0.2) is 5.76 Å². The van der Waals surface area contributed by atoms with Gasteiger partial charge in [-0.2, -0.15) is 0 Å². The van der Waals surface area contributed by atoms with Crippen molar-refractivity contribution in [2.75, 3.05) is 0 Å². The Morgan fingerprint density at radius 3 is 2.61 bits per heavy atom. The summed E-state index contributed by atoms with van der Waals surface area (Å²) in [5, 5.41) is 0.938. The first kappa shape index (κ1) is 19.0. The molecule has 2 aromatic carbocycles. The maximum absolute atomic E-state index is 12.6. The van der Waals surface area contributed by atoms with Crippen LogP contribution in [-0.4, -0.2) is 11.8 Å². The first-order chi connectivity index (χ1) is 13.5. The molecule has 1 saturated carbocycles. The first-order valence-electron chi connectivity index (χ1n) is 9.26. The molecule has 1 aliphatic heterocycles. The Balaban J connectivity index is 1.52. The van der Waals surface area contributed by atoms with Crippen LogP contribution in [-0.2, 0) is 4.79 Å².